The third kappa shape index (κ3) is 5.99. The maximum atomic E-state index is 14.1. The van der Waals surface area contributed by atoms with Gasteiger partial charge in [-0.15, -0.1) is 0 Å². The molecule has 54 heavy (non-hydrogen) atoms. The summed E-state index contributed by atoms with van der Waals surface area (Å²) in [5, 5.41) is 13.8. The van der Waals surface area contributed by atoms with Crippen LogP contribution in [0.15, 0.2) is 77.2 Å². The molecule has 3 aromatic carbocycles. The Bertz CT molecular complexity index is 2810. The van der Waals surface area contributed by atoms with E-state index in [1.54, 1.807) is 36.4 Å². The molecule has 14 heteroatoms. The highest BCUT2D eigenvalue weighted by molar-refractivity contribution is 7.92. The number of aromatic nitrogens is 3. The molecule has 0 unspecified atom stereocenters. The number of benzene rings is 3. The maximum absolute atomic E-state index is 14.1. The third-order valence-electron chi connectivity index (χ3n) is 10.2. The largest absolute Gasteiger partial charge is 0.455 e. The smallest absolute Gasteiger partial charge is 0.255 e. The molecule has 1 N–H and O–H groups in total. The lowest BCUT2D eigenvalue weighted by Gasteiger charge is -2.31. The lowest BCUT2D eigenvalue weighted by Crippen LogP contribution is -2.39. The van der Waals surface area contributed by atoms with Gasteiger partial charge in [0.2, 0.25) is 10.0 Å². The lowest BCUT2D eigenvalue weighted by atomic mass is 10.00. The van der Waals surface area contributed by atoms with Crippen molar-refractivity contribution in [3.05, 3.63) is 95.3 Å². The second-order valence-electron chi connectivity index (χ2n) is 13.8. The van der Waals surface area contributed by atoms with Crippen LogP contribution < -0.4 is 9.62 Å². The molecule has 7 aromatic rings. The van der Waals surface area contributed by atoms with Crippen molar-refractivity contribution in [2.75, 3.05) is 37.7 Å². The number of likely N-dealkylation sites (tertiary alicyclic amines) is 1. The van der Waals surface area contributed by atoms with E-state index in [2.05, 4.69) is 11.4 Å². The van der Waals surface area contributed by atoms with Crippen molar-refractivity contribution in [1.29, 1.82) is 5.26 Å². The minimum absolute atomic E-state index is 0.213. The summed E-state index contributed by atoms with van der Waals surface area (Å²) in [6.07, 6.45) is 0.625. The summed E-state index contributed by atoms with van der Waals surface area (Å²) in [4.78, 5) is 25.5. The minimum Gasteiger partial charge on any atom is -0.455 e. The molecule has 1 fully saturated rings. The van der Waals surface area contributed by atoms with Gasteiger partial charge in [0.15, 0.2) is 0 Å². The Kier molecular flexibility index (Phi) is 8.39. The number of nitrogens with one attached hydrogen (secondary N) is 1. The molecule has 1 saturated heterocycles. The SMILES string of the molecule is CNC(=O)c1c(-c2ccc(C)cc2)oc2cc(N(C)S(C)(=O)=O)c(-c3ccc4nc(CN5CCC(F)(F)CC5)n5c6cccc(C#N)c6cc5c4n3)cc12. The second kappa shape index (κ2) is 12.9. The number of carbonyl (C=O) groups excluding carboxylic acids is 1. The fraction of sp³-hybridized carbons (Fsp3) is 0.250. The summed E-state index contributed by atoms with van der Waals surface area (Å²) in [6.45, 7) is 2.69. The van der Waals surface area contributed by atoms with E-state index in [0.29, 0.717) is 73.4 Å². The number of sulfonamides is 1. The number of rotatable bonds is 7. The van der Waals surface area contributed by atoms with Crippen molar-refractivity contribution in [2.24, 2.45) is 0 Å². The highest BCUT2D eigenvalue weighted by Crippen LogP contribution is 2.42. The van der Waals surface area contributed by atoms with Gasteiger partial charge in [-0.3, -0.25) is 18.4 Å². The zero-order valence-corrected chi connectivity index (χ0v) is 30.8. The average molecular weight is 748 g/mol. The Balaban J connectivity index is 1.38. The van der Waals surface area contributed by atoms with E-state index < -0.39 is 15.9 Å². The maximum Gasteiger partial charge on any atom is 0.255 e. The number of fused-ring (bicyclic) bond motifs is 6. The first-order valence-corrected chi connectivity index (χ1v) is 19.2. The summed E-state index contributed by atoms with van der Waals surface area (Å²) in [7, 11) is -0.807. The van der Waals surface area contributed by atoms with Crippen LogP contribution in [-0.2, 0) is 16.6 Å². The van der Waals surface area contributed by atoms with E-state index in [-0.39, 0.29) is 43.1 Å². The second-order valence-corrected chi connectivity index (χ2v) is 15.8. The Hall–Kier alpha value is -5.91. The normalized spacial score (nSPS) is 14.9. The van der Waals surface area contributed by atoms with Crippen molar-refractivity contribution < 1.29 is 26.4 Å². The first kappa shape index (κ1) is 35.1. The third-order valence-corrected chi connectivity index (χ3v) is 11.4. The number of hydrogen-bond acceptors (Lipinski definition) is 8. The Morgan fingerprint density at radius 1 is 1.02 bits per heavy atom. The van der Waals surface area contributed by atoms with Crippen molar-refractivity contribution in [3.8, 4) is 28.7 Å². The number of halogens is 2. The molecule has 4 aromatic heterocycles. The molecule has 1 amide bonds. The lowest BCUT2D eigenvalue weighted by molar-refractivity contribution is -0.0570. The summed E-state index contributed by atoms with van der Waals surface area (Å²) < 4.78 is 63.6. The molecule has 1 aliphatic rings. The van der Waals surface area contributed by atoms with Crippen LogP contribution in [0, 0.1) is 18.3 Å². The topological polar surface area (TPSA) is 137 Å². The van der Waals surface area contributed by atoms with Crippen molar-refractivity contribution in [3.63, 3.8) is 0 Å². The number of anilines is 1. The number of alkyl halides is 2. The number of carbonyl (C=O) groups is 1. The van der Waals surface area contributed by atoms with Gasteiger partial charge in [0.1, 0.15) is 22.7 Å². The van der Waals surface area contributed by atoms with Gasteiger partial charge in [0, 0.05) is 68.0 Å². The number of aryl methyl sites for hydroxylation is 1. The Morgan fingerprint density at radius 2 is 1.76 bits per heavy atom. The number of nitrogens with zero attached hydrogens (tertiary/aromatic N) is 6. The zero-order valence-electron chi connectivity index (χ0n) is 29.9. The molecule has 8 rings (SSSR count). The standard InChI is InChI=1S/C40H35F2N7O4S/c1-23-8-10-24(11-9-23)38-36(39(50)44-2)28-18-27(32(20-34(28)53-38)47(3)54(4,51)52)29-12-13-30-37(46-29)33-19-26-25(21-43)6-5-7-31(26)49(33)35(45-30)22-48-16-14-40(41,42)15-17-48/h5-13,18-20H,14-17,22H2,1-4H3,(H,44,50). The van der Waals surface area contributed by atoms with E-state index in [4.69, 9.17) is 14.4 Å². The molecule has 5 heterocycles. The van der Waals surface area contributed by atoms with Gasteiger partial charge in [-0.05, 0) is 43.3 Å². The highest BCUT2D eigenvalue weighted by Gasteiger charge is 2.34. The predicted octanol–water partition coefficient (Wildman–Crippen LogP) is 7.28. The van der Waals surface area contributed by atoms with Crippen LogP contribution in [0.4, 0.5) is 14.5 Å². The summed E-state index contributed by atoms with van der Waals surface area (Å²) >= 11 is 0. The van der Waals surface area contributed by atoms with Gasteiger partial charge in [-0.2, -0.15) is 5.26 Å². The van der Waals surface area contributed by atoms with Gasteiger partial charge in [0.05, 0.1) is 57.9 Å². The Morgan fingerprint density at radius 3 is 2.44 bits per heavy atom. The first-order chi connectivity index (χ1) is 25.8. The van der Waals surface area contributed by atoms with Gasteiger partial charge in [-0.25, -0.2) is 27.2 Å². The molecule has 11 nitrogen and oxygen atoms in total. The molecular formula is C40H35F2N7O4S. The van der Waals surface area contributed by atoms with E-state index in [0.717, 1.165) is 21.6 Å². The minimum atomic E-state index is -3.78. The molecule has 0 spiro atoms. The van der Waals surface area contributed by atoms with E-state index in [1.165, 1.54) is 14.1 Å². The molecule has 0 atom stereocenters. The summed E-state index contributed by atoms with van der Waals surface area (Å²) in [5.74, 6) is -2.13. The fourth-order valence-electron chi connectivity index (χ4n) is 7.23. The van der Waals surface area contributed by atoms with Crippen LogP contribution in [0.3, 0.4) is 0 Å². The molecule has 0 aliphatic carbocycles. The van der Waals surface area contributed by atoms with Crippen LogP contribution in [0.5, 0.6) is 0 Å². The summed E-state index contributed by atoms with van der Waals surface area (Å²) in [5.41, 5.74) is 6.24. The van der Waals surface area contributed by atoms with E-state index in [1.807, 2.05) is 52.6 Å². The van der Waals surface area contributed by atoms with Crippen molar-refractivity contribution in [2.45, 2.75) is 32.2 Å². The molecule has 1 aliphatic heterocycles. The number of amides is 1. The van der Waals surface area contributed by atoms with Crippen LogP contribution in [0.2, 0.25) is 0 Å². The number of pyridine rings is 1. The predicted molar refractivity (Wildman–Crippen MR) is 204 cm³/mol. The van der Waals surface area contributed by atoms with Crippen molar-refractivity contribution in [1.82, 2.24) is 24.6 Å². The molecule has 274 valence electrons. The van der Waals surface area contributed by atoms with Crippen molar-refractivity contribution >= 4 is 60.0 Å². The van der Waals surface area contributed by atoms with Crippen LogP contribution in [0.1, 0.15) is 40.2 Å². The van der Waals surface area contributed by atoms with Gasteiger partial charge < -0.3 is 9.73 Å². The number of piperidine rings is 1. The quantitative estimate of drug-likeness (QED) is 0.180. The average Bonchev–Trinajstić information content (AvgIpc) is 3.74. The van der Waals surface area contributed by atoms with Gasteiger partial charge in [0.25, 0.3) is 11.8 Å². The number of nitriles is 1. The van der Waals surface area contributed by atoms with Crippen LogP contribution in [0.25, 0.3) is 61.0 Å². The number of furan rings is 1. The molecule has 0 saturated carbocycles. The van der Waals surface area contributed by atoms with Crippen LogP contribution in [-0.4, -0.2) is 73.0 Å². The monoisotopic (exact) mass is 747 g/mol. The van der Waals surface area contributed by atoms with Crippen LogP contribution >= 0.6 is 0 Å². The Labute approximate surface area is 309 Å². The van der Waals surface area contributed by atoms with Gasteiger partial charge >= 0.3 is 0 Å². The highest BCUT2D eigenvalue weighted by atomic mass is 32.2. The molecule has 0 bridgehead atoms. The van der Waals surface area contributed by atoms with Gasteiger partial charge in [-0.1, -0.05) is 35.9 Å². The first-order valence-electron chi connectivity index (χ1n) is 17.3. The summed E-state index contributed by atoms with van der Waals surface area (Å²) in [6, 6.07) is 23.9. The van der Waals surface area contributed by atoms with E-state index >= 15 is 0 Å². The zero-order chi connectivity index (χ0) is 38.1. The van der Waals surface area contributed by atoms with E-state index in [9.17, 15) is 27.3 Å². The molecule has 0 radical (unpaired) electrons. The number of hydrogen-bond donors (Lipinski definition) is 1. The fourth-order valence-corrected chi connectivity index (χ4v) is 7.74. The molecular weight excluding hydrogens is 713 g/mol.